The fourth-order valence-electron chi connectivity index (χ4n) is 3.66. The largest absolute Gasteiger partial charge is 0.484 e. The van der Waals surface area contributed by atoms with Crippen molar-refractivity contribution in [3.63, 3.8) is 0 Å². The minimum atomic E-state index is -0.676. The number of carbonyl (C=O) groups is 2. The van der Waals surface area contributed by atoms with Gasteiger partial charge in [-0.2, -0.15) is 0 Å². The molecule has 1 unspecified atom stereocenters. The van der Waals surface area contributed by atoms with Gasteiger partial charge in [-0.1, -0.05) is 70.5 Å². The summed E-state index contributed by atoms with van der Waals surface area (Å²) in [7, 11) is 0. The Morgan fingerprint density at radius 1 is 0.941 bits per heavy atom. The summed E-state index contributed by atoms with van der Waals surface area (Å²) in [5.74, 6) is 0.175. The Hall–Kier alpha value is -3.12. The van der Waals surface area contributed by atoms with Crippen LogP contribution in [0.25, 0.3) is 0 Å². The molecule has 0 aliphatic rings. The second-order valence-corrected chi connectivity index (χ2v) is 9.48. The van der Waals surface area contributed by atoms with Crippen LogP contribution >= 0.6 is 15.9 Å². The minimum Gasteiger partial charge on any atom is -0.484 e. The molecule has 0 aliphatic carbocycles. The monoisotopic (exact) mass is 522 g/mol. The number of aryl methyl sites for hydroxylation is 1. The van der Waals surface area contributed by atoms with Gasteiger partial charge in [0, 0.05) is 23.5 Å². The summed E-state index contributed by atoms with van der Waals surface area (Å²) >= 11 is 3.40. The molecule has 3 aromatic rings. The number of halogens is 1. The van der Waals surface area contributed by atoms with Gasteiger partial charge in [-0.05, 0) is 61.7 Å². The van der Waals surface area contributed by atoms with E-state index in [4.69, 9.17) is 4.74 Å². The summed E-state index contributed by atoms with van der Waals surface area (Å²) < 4.78 is 6.72. The molecule has 34 heavy (non-hydrogen) atoms. The highest BCUT2D eigenvalue weighted by Crippen LogP contribution is 2.19. The van der Waals surface area contributed by atoms with Crippen LogP contribution in [-0.2, 0) is 22.6 Å². The van der Waals surface area contributed by atoms with E-state index in [9.17, 15) is 9.59 Å². The van der Waals surface area contributed by atoms with Crippen molar-refractivity contribution in [3.8, 4) is 5.75 Å². The van der Waals surface area contributed by atoms with Crippen LogP contribution in [0.5, 0.6) is 5.75 Å². The standard InChI is InChI=1S/C28H31BrN2O3/c1-20(2)30-28(33)26(17-22-10-5-4-6-11-22)31(18-23-12-8-7-9-21(23)3)27(32)19-34-25-15-13-24(29)14-16-25/h4-16,20,26H,17-19H2,1-3H3,(H,30,33). The lowest BCUT2D eigenvalue weighted by atomic mass is 10.0. The molecule has 0 saturated carbocycles. The van der Waals surface area contributed by atoms with Crippen molar-refractivity contribution >= 4 is 27.7 Å². The van der Waals surface area contributed by atoms with Crippen molar-refractivity contribution in [2.45, 2.75) is 45.8 Å². The molecule has 0 radical (unpaired) electrons. The predicted octanol–water partition coefficient (Wildman–Crippen LogP) is 5.30. The number of ether oxygens (including phenoxy) is 1. The van der Waals surface area contributed by atoms with Gasteiger partial charge in [0.2, 0.25) is 5.91 Å². The summed E-state index contributed by atoms with van der Waals surface area (Å²) in [4.78, 5) is 28.5. The van der Waals surface area contributed by atoms with Crippen LogP contribution in [0.2, 0.25) is 0 Å². The molecule has 6 heteroatoms. The molecular formula is C28H31BrN2O3. The summed E-state index contributed by atoms with van der Waals surface area (Å²) in [5, 5.41) is 3.00. The lowest BCUT2D eigenvalue weighted by Crippen LogP contribution is -2.52. The number of carbonyl (C=O) groups excluding carboxylic acids is 2. The van der Waals surface area contributed by atoms with E-state index >= 15 is 0 Å². The highest BCUT2D eigenvalue weighted by Gasteiger charge is 2.31. The quantitative estimate of drug-likeness (QED) is 0.393. The van der Waals surface area contributed by atoms with Gasteiger partial charge in [0.1, 0.15) is 11.8 Å². The molecule has 5 nitrogen and oxygen atoms in total. The lowest BCUT2D eigenvalue weighted by molar-refractivity contribution is -0.143. The number of amides is 2. The molecular weight excluding hydrogens is 492 g/mol. The molecule has 2 amide bonds. The van der Waals surface area contributed by atoms with Crippen molar-refractivity contribution in [2.75, 3.05) is 6.61 Å². The van der Waals surface area contributed by atoms with E-state index in [1.807, 2.05) is 87.5 Å². The molecule has 0 bridgehead atoms. The Morgan fingerprint density at radius 2 is 1.59 bits per heavy atom. The van der Waals surface area contributed by atoms with E-state index in [-0.39, 0.29) is 24.5 Å². The third kappa shape index (κ3) is 7.45. The maximum Gasteiger partial charge on any atom is 0.261 e. The zero-order valence-electron chi connectivity index (χ0n) is 19.8. The normalized spacial score (nSPS) is 11.7. The smallest absolute Gasteiger partial charge is 0.261 e. The Kier molecular flexibility index (Phi) is 9.28. The molecule has 3 rings (SSSR count). The Morgan fingerprint density at radius 3 is 2.24 bits per heavy atom. The van der Waals surface area contributed by atoms with Crippen LogP contribution in [-0.4, -0.2) is 35.4 Å². The molecule has 0 aromatic heterocycles. The van der Waals surface area contributed by atoms with Crippen molar-refractivity contribution < 1.29 is 14.3 Å². The van der Waals surface area contributed by atoms with Crippen molar-refractivity contribution in [1.82, 2.24) is 10.2 Å². The van der Waals surface area contributed by atoms with E-state index in [0.29, 0.717) is 18.7 Å². The molecule has 0 saturated heterocycles. The Labute approximate surface area is 210 Å². The first kappa shape index (κ1) is 25.5. The van der Waals surface area contributed by atoms with E-state index in [0.717, 1.165) is 21.2 Å². The fraction of sp³-hybridized carbons (Fsp3) is 0.286. The topological polar surface area (TPSA) is 58.6 Å². The Balaban J connectivity index is 1.91. The van der Waals surface area contributed by atoms with Gasteiger partial charge < -0.3 is 15.0 Å². The fourth-order valence-corrected chi connectivity index (χ4v) is 3.93. The van der Waals surface area contributed by atoms with E-state index in [2.05, 4.69) is 21.2 Å². The second-order valence-electron chi connectivity index (χ2n) is 8.56. The van der Waals surface area contributed by atoms with Crippen molar-refractivity contribution in [1.29, 1.82) is 0 Å². The van der Waals surface area contributed by atoms with Crippen LogP contribution in [0.4, 0.5) is 0 Å². The van der Waals surface area contributed by atoms with Crippen LogP contribution in [0, 0.1) is 6.92 Å². The van der Waals surface area contributed by atoms with Crippen molar-refractivity contribution in [3.05, 3.63) is 100 Å². The van der Waals surface area contributed by atoms with Gasteiger partial charge in [0.05, 0.1) is 0 Å². The second kappa shape index (κ2) is 12.4. The molecule has 3 aromatic carbocycles. The highest BCUT2D eigenvalue weighted by molar-refractivity contribution is 9.10. The van der Waals surface area contributed by atoms with Crippen LogP contribution < -0.4 is 10.1 Å². The summed E-state index contributed by atoms with van der Waals surface area (Å²) in [6.07, 6.45) is 0.412. The van der Waals surface area contributed by atoms with Crippen LogP contribution in [0.15, 0.2) is 83.3 Å². The zero-order valence-corrected chi connectivity index (χ0v) is 21.4. The molecule has 0 fully saturated rings. The number of nitrogens with zero attached hydrogens (tertiary/aromatic N) is 1. The molecule has 0 heterocycles. The van der Waals surface area contributed by atoms with Gasteiger partial charge in [0.25, 0.3) is 5.91 Å². The maximum absolute atomic E-state index is 13.5. The first-order valence-corrected chi connectivity index (χ1v) is 12.2. The molecule has 1 N–H and O–H groups in total. The van der Waals surface area contributed by atoms with Crippen LogP contribution in [0.1, 0.15) is 30.5 Å². The van der Waals surface area contributed by atoms with Crippen molar-refractivity contribution in [2.24, 2.45) is 0 Å². The number of rotatable bonds is 10. The van der Waals surface area contributed by atoms with E-state index < -0.39 is 6.04 Å². The lowest BCUT2D eigenvalue weighted by Gasteiger charge is -2.32. The number of nitrogens with one attached hydrogen (secondary N) is 1. The molecule has 178 valence electrons. The van der Waals surface area contributed by atoms with Crippen LogP contribution in [0.3, 0.4) is 0 Å². The first-order valence-electron chi connectivity index (χ1n) is 11.4. The average molecular weight is 523 g/mol. The third-order valence-electron chi connectivity index (χ3n) is 5.48. The number of benzene rings is 3. The molecule has 1 atom stereocenters. The van der Waals surface area contributed by atoms with Gasteiger partial charge in [-0.3, -0.25) is 9.59 Å². The number of hydrogen-bond acceptors (Lipinski definition) is 3. The van der Waals surface area contributed by atoms with Gasteiger partial charge in [0.15, 0.2) is 6.61 Å². The zero-order chi connectivity index (χ0) is 24.5. The maximum atomic E-state index is 13.5. The van der Waals surface area contributed by atoms with E-state index in [1.54, 1.807) is 17.0 Å². The average Bonchev–Trinajstić information content (AvgIpc) is 2.82. The predicted molar refractivity (Wildman–Crippen MR) is 139 cm³/mol. The van der Waals surface area contributed by atoms with E-state index in [1.165, 1.54) is 0 Å². The van der Waals surface area contributed by atoms with Gasteiger partial charge in [-0.15, -0.1) is 0 Å². The first-order chi connectivity index (χ1) is 16.3. The third-order valence-corrected chi connectivity index (χ3v) is 6.01. The van der Waals surface area contributed by atoms with Gasteiger partial charge >= 0.3 is 0 Å². The summed E-state index contributed by atoms with van der Waals surface area (Å²) in [5.41, 5.74) is 3.05. The Bertz CT molecular complexity index is 1080. The highest BCUT2D eigenvalue weighted by atomic mass is 79.9. The molecule has 0 aliphatic heterocycles. The number of hydrogen-bond donors (Lipinski definition) is 1. The molecule has 0 spiro atoms. The minimum absolute atomic E-state index is 0.0415. The summed E-state index contributed by atoms with van der Waals surface area (Å²) in [6, 6.07) is 24.3. The summed E-state index contributed by atoms with van der Waals surface area (Å²) in [6.45, 7) is 6.01. The van der Waals surface area contributed by atoms with Gasteiger partial charge in [-0.25, -0.2) is 0 Å². The SMILES string of the molecule is Cc1ccccc1CN(C(=O)COc1ccc(Br)cc1)C(Cc1ccccc1)C(=O)NC(C)C.